The van der Waals surface area contributed by atoms with Crippen molar-refractivity contribution in [2.24, 2.45) is 0 Å². The zero-order valence-corrected chi connectivity index (χ0v) is 10.6. The summed E-state index contributed by atoms with van der Waals surface area (Å²) in [6.45, 7) is 2.60. The van der Waals surface area contributed by atoms with E-state index in [1.54, 1.807) is 6.92 Å². The summed E-state index contributed by atoms with van der Waals surface area (Å²) in [6.07, 6.45) is 2.51. The number of carbonyl (C=O) groups excluding carboxylic acids is 1. The van der Waals surface area contributed by atoms with Crippen LogP contribution < -0.4 is 10.6 Å². The molecule has 0 aromatic heterocycles. The van der Waals surface area contributed by atoms with E-state index in [4.69, 9.17) is 0 Å². The lowest BCUT2D eigenvalue weighted by Gasteiger charge is -2.23. The number of aliphatic hydroxyl groups is 1. The molecule has 98 valence electrons. The van der Waals surface area contributed by atoms with Crippen LogP contribution in [0.4, 0.5) is 5.69 Å². The first-order valence-electron chi connectivity index (χ1n) is 6.49. The Hall–Kier alpha value is -1.39. The quantitative estimate of drug-likeness (QED) is 0.764. The molecule has 0 aliphatic carbocycles. The first kappa shape index (κ1) is 13.1. The second kappa shape index (κ2) is 5.98. The maximum Gasteiger partial charge on any atom is 0.241 e. The molecule has 4 nitrogen and oxygen atoms in total. The highest BCUT2D eigenvalue weighted by molar-refractivity contribution is 5.95. The molecule has 1 aliphatic heterocycles. The van der Waals surface area contributed by atoms with Crippen LogP contribution in [0.1, 0.15) is 37.9 Å². The Bertz CT molecular complexity index is 412. The van der Waals surface area contributed by atoms with E-state index >= 15 is 0 Å². The van der Waals surface area contributed by atoms with Crippen LogP contribution in [0.25, 0.3) is 0 Å². The SMILES string of the molecule is CC(O)c1ccccc1NC(=O)[C@H]1CCCCN1. The summed E-state index contributed by atoms with van der Waals surface area (Å²) in [5.74, 6) is -0.0113. The van der Waals surface area contributed by atoms with Gasteiger partial charge in [0.05, 0.1) is 12.1 Å². The van der Waals surface area contributed by atoms with E-state index in [1.165, 1.54) is 0 Å². The molecule has 2 atom stereocenters. The van der Waals surface area contributed by atoms with E-state index in [-0.39, 0.29) is 11.9 Å². The molecule has 1 heterocycles. The number of piperidine rings is 1. The first-order valence-corrected chi connectivity index (χ1v) is 6.49. The summed E-state index contributed by atoms with van der Waals surface area (Å²) in [5.41, 5.74) is 1.45. The number of aliphatic hydroxyl groups excluding tert-OH is 1. The molecule has 2 rings (SSSR count). The second-order valence-electron chi connectivity index (χ2n) is 4.75. The van der Waals surface area contributed by atoms with E-state index in [0.717, 1.165) is 31.4 Å². The van der Waals surface area contributed by atoms with Gasteiger partial charge in [0.2, 0.25) is 5.91 Å². The lowest BCUT2D eigenvalue weighted by atomic mass is 10.0. The van der Waals surface area contributed by atoms with Gasteiger partial charge < -0.3 is 15.7 Å². The summed E-state index contributed by atoms with van der Waals surface area (Å²) < 4.78 is 0. The summed E-state index contributed by atoms with van der Waals surface area (Å²) in [5, 5.41) is 15.8. The summed E-state index contributed by atoms with van der Waals surface area (Å²) in [6, 6.07) is 7.25. The van der Waals surface area contributed by atoms with Gasteiger partial charge in [-0.3, -0.25) is 4.79 Å². The number of rotatable bonds is 3. The minimum Gasteiger partial charge on any atom is -0.389 e. The van der Waals surface area contributed by atoms with E-state index in [1.807, 2.05) is 24.3 Å². The minimum atomic E-state index is -0.583. The molecule has 0 bridgehead atoms. The number of hydrogen-bond donors (Lipinski definition) is 3. The number of carbonyl (C=O) groups is 1. The van der Waals surface area contributed by atoms with Gasteiger partial charge in [0.25, 0.3) is 0 Å². The molecule has 18 heavy (non-hydrogen) atoms. The number of benzene rings is 1. The highest BCUT2D eigenvalue weighted by atomic mass is 16.3. The Morgan fingerprint density at radius 3 is 2.89 bits per heavy atom. The predicted octanol–water partition coefficient (Wildman–Crippen LogP) is 1.82. The van der Waals surface area contributed by atoms with Crippen LogP contribution in [0.15, 0.2) is 24.3 Å². The van der Waals surface area contributed by atoms with Crippen LogP contribution >= 0.6 is 0 Å². The topological polar surface area (TPSA) is 61.4 Å². The number of nitrogens with one attached hydrogen (secondary N) is 2. The molecule has 1 unspecified atom stereocenters. The molecule has 4 heteroatoms. The van der Waals surface area contributed by atoms with Crippen molar-refractivity contribution in [3.63, 3.8) is 0 Å². The van der Waals surface area contributed by atoms with E-state index in [2.05, 4.69) is 10.6 Å². The van der Waals surface area contributed by atoms with Gasteiger partial charge in [0.15, 0.2) is 0 Å². The molecular weight excluding hydrogens is 228 g/mol. The Morgan fingerprint density at radius 2 is 2.22 bits per heavy atom. The Kier molecular flexibility index (Phi) is 4.33. The highest BCUT2D eigenvalue weighted by Gasteiger charge is 2.21. The largest absolute Gasteiger partial charge is 0.389 e. The maximum atomic E-state index is 12.1. The van der Waals surface area contributed by atoms with Crippen LogP contribution in [0, 0.1) is 0 Å². The van der Waals surface area contributed by atoms with Gasteiger partial charge in [-0.25, -0.2) is 0 Å². The third-order valence-corrected chi connectivity index (χ3v) is 3.30. The van der Waals surface area contributed by atoms with Crippen molar-refractivity contribution < 1.29 is 9.90 Å². The smallest absolute Gasteiger partial charge is 0.241 e. The monoisotopic (exact) mass is 248 g/mol. The fourth-order valence-electron chi connectivity index (χ4n) is 2.27. The van der Waals surface area contributed by atoms with Crippen molar-refractivity contribution in [2.75, 3.05) is 11.9 Å². The lowest BCUT2D eigenvalue weighted by Crippen LogP contribution is -2.43. The average Bonchev–Trinajstić information content (AvgIpc) is 2.40. The van der Waals surface area contributed by atoms with Gasteiger partial charge in [-0.15, -0.1) is 0 Å². The molecule has 1 aromatic rings. The van der Waals surface area contributed by atoms with Crippen molar-refractivity contribution in [1.29, 1.82) is 0 Å². The van der Waals surface area contributed by atoms with Crippen LogP contribution in [0.5, 0.6) is 0 Å². The Labute approximate surface area is 107 Å². The minimum absolute atomic E-state index is 0.0113. The number of anilines is 1. The van der Waals surface area contributed by atoms with Crippen molar-refractivity contribution in [2.45, 2.75) is 38.3 Å². The third-order valence-electron chi connectivity index (χ3n) is 3.30. The molecule has 1 aliphatic rings. The van der Waals surface area contributed by atoms with Gasteiger partial charge in [0, 0.05) is 11.3 Å². The highest BCUT2D eigenvalue weighted by Crippen LogP contribution is 2.22. The van der Waals surface area contributed by atoms with Gasteiger partial charge in [-0.05, 0) is 32.4 Å². The summed E-state index contributed by atoms with van der Waals surface area (Å²) in [7, 11) is 0. The predicted molar refractivity (Wildman–Crippen MR) is 71.3 cm³/mol. The van der Waals surface area contributed by atoms with Crippen LogP contribution in [-0.2, 0) is 4.79 Å². The maximum absolute atomic E-state index is 12.1. The van der Waals surface area contributed by atoms with Crippen LogP contribution in [0.3, 0.4) is 0 Å². The molecule has 1 saturated heterocycles. The molecule has 1 fully saturated rings. The number of para-hydroxylation sites is 1. The van der Waals surface area contributed by atoms with Crippen molar-refractivity contribution >= 4 is 11.6 Å². The first-order chi connectivity index (χ1) is 8.68. The fourth-order valence-corrected chi connectivity index (χ4v) is 2.27. The normalized spacial score (nSPS) is 21.3. The fraction of sp³-hybridized carbons (Fsp3) is 0.500. The van der Waals surface area contributed by atoms with Gasteiger partial charge in [-0.2, -0.15) is 0 Å². The summed E-state index contributed by atoms with van der Waals surface area (Å²) >= 11 is 0. The molecule has 0 spiro atoms. The zero-order chi connectivity index (χ0) is 13.0. The Balaban J connectivity index is 2.06. The van der Waals surface area contributed by atoms with E-state index in [9.17, 15) is 9.90 Å². The van der Waals surface area contributed by atoms with Gasteiger partial charge in [-0.1, -0.05) is 24.6 Å². The molecule has 1 aromatic carbocycles. The number of amides is 1. The molecule has 1 amide bonds. The van der Waals surface area contributed by atoms with Crippen molar-refractivity contribution in [3.05, 3.63) is 29.8 Å². The molecule has 3 N–H and O–H groups in total. The Morgan fingerprint density at radius 1 is 1.44 bits per heavy atom. The summed E-state index contributed by atoms with van der Waals surface area (Å²) in [4.78, 5) is 12.1. The number of hydrogen-bond acceptors (Lipinski definition) is 3. The molecule has 0 radical (unpaired) electrons. The second-order valence-corrected chi connectivity index (χ2v) is 4.75. The van der Waals surface area contributed by atoms with E-state index in [0.29, 0.717) is 5.69 Å². The van der Waals surface area contributed by atoms with Gasteiger partial charge >= 0.3 is 0 Å². The molecule has 0 saturated carbocycles. The lowest BCUT2D eigenvalue weighted by molar-refractivity contribution is -0.118. The van der Waals surface area contributed by atoms with Crippen LogP contribution in [0.2, 0.25) is 0 Å². The van der Waals surface area contributed by atoms with Crippen molar-refractivity contribution in [1.82, 2.24) is 5.32 Å². The zero-order valence-electron chi connectivity index (χ0n) is 10.6. The van der Waals surface area contributed by atoms with E-state index < -0.39 is 6.10 Å². The third kappa shape index (κ3) is 3.09. The molecular formula is C14H20N2O2. The van der Waals surface area contributed by atoms with Gasteiger partial charge in [0.1, 0.15) is 0 Å². The van der Waals surface area contributed by atoms with Crippen LogP contribution in [-0.4, -0.2) is 23.6 Å². The average molecular weight is 248 g/mol. The van der Waals surface area contributed by atoms with Crippen molar-refractivity contribution in [3.8, 4) is 0 Å². The standard InChI is InChI=1S/C14H20N2O2/c1-10(17)11-6-2-3-7-12(11)16-14(18)13-8-4-5-9-15-13/h2-3,6-7,10,13,15,17H,4-5,8-9H2,1H3,(H,16,18)/t10?,13-/m1/s1.